The fourth-order valence-corrected chi connectivity index (χ4v) is 1.08. The van der Waals surface area contributed by atoms with Crippen LogP contribution in [0.1, 0.15) is 17.4 Å². The van der Waals surface area contributed by atoms with E-state index < -0.39 is 0 Å². The lowest BCUT2D eigenvalue weighted by molar-refractivity contribution is 0.111. The number of nitrogens with one attached hydrogen (secondary N) is 1. The predicted molar refractivity (Wildman–Crippen MR) is 50.2 cm³/mol. The van der Waals surface area contributed by atoms with Gasteiger partial charge in [0.25, 0.3) is 0 Å². The molecule has 0 aliphatic heterocycles. The second-order valence-electron chi connectivity index (χ2n) is 2.40. The van der Waals surface area contributed by atoms with Crippen LogP contribution in [0.3, 0.4) is 0 Å². The molecule has 0 aliphatic rings. The predicted octanol–water partition coefficient (Wildman–Crippen LogP) is 0.594. The van der Waals surface area contributed by atoms with Crippen LogP contribution >= 0.6 is 0 Å². The Bertz CT molecular complexity index is 398. The second kappa shape index (κ2) is 3.72. The smallest absolute Gasteiger partial charge is 0.166 e. The van der Waals surface area contributed by atoms with Crippen molar-refractivity contribution in [3.05, 3.63) is 35.0 Å². The summed E-state index contributed by atoms with van der Waals surface area (Å²) in [6, 6.07) is 1.80. The summed E-state index contributed by atoms with van der Waals surface area (Å²) in [6.45, 7) is 5.51. The quantitative estimate of drug-likeness (QED) is 0.633. The van der Waals surface area contributed by atoms with Gasteiger partial charge in [-0.05, 0) is 18.2 Å². The lowest BCUT2D eigenvalue weighted by Crippen LogP contribution is -2.20. The zero-order valence-electron chi connectivity index (χ0n) is 7.00. The van der Waals surface area contributed by atoms with E-state index in [0.717, 1.165) is 16.9 Å². The van der Waals surface area contributed by atoms with Crippen LogP contribution in [-0.2, 0) is 0 Å². The van der Waals surface area contributed by atoms with E-state index in [1.807, 2.05) is 19.1 Å². The number of aromatic amines is 1. The van der Waals surface area contributed by atoms with Gasteiger partial charge in [0.1, 0.15) is 0 Å². The second-order valence-corrected chi connectivity index (χ2v) is 2.40. The number of hydrogen-bond acceptors (Lipinski definition) is 1. The Morgan fingerprint density at radius 2 is 2.33 bits per heavy atom. The third kappa shape index (κ3) is 1.53. The molecule has 0 spiro atoms. The maximum Gasteiger partial charge on any atom is 0.166 e. The van der Waals surface area contributed by atoms with Crippen molar-refractivity contribution in [3.8, 4) is 0 Å². The minimum atomic E-state index is 0.594. The van der Waals surface area contributed by atoms with Crippen molar-refractivity contribution in [3.63, 3.8) is 0 Å². The Morgan fingerprint density at radius 1 is 1.58 bits per heavy atom. The number of rotatable bonds is 2. The SMILES string of the molecule is C=C/C=c1/cc(C=O)[nH]/c1=C/C. The van der Waals surface area contributed by atoms with Crippen LogP contribution in [0.4, 0.5) is 0 Å². The van der Waals surface area contributed by atoms with Crippen molar-refractivity contribution < 1.29 is 4.79 Å². The van der Waals surface area contributed by atoms with E-state index in [1.54, 1.807) is 12.1 Å². The van der Waals surface area contributed by atoms with Crippen LogP contribution in [0.25, 0.3) is 12.2 Å². The minimum absolute atomic E-state index is 0.594. The first-order chi connectivity index (χ1) is 5.81. The Morgan fingerprint density at radius 3 is 2.83 bits per heavy atom. The van der Waals surface area contributed by atoms with Crippen molar-refractivity contribution in [1.29, 1.82) is 0 Å². The zero-order chi connectivity index (χ0) is 8.97. The molecule has 0 saturated carbocycles. The fraction of sp³-hybridized carbons (Fsp3) is 0.100. The van der Waals surface area contributed by atoms with Crippen LogP contribution in [-0.4, -0.2) is 11.3 Å². The summed E-state index contributed by atoms with van der Waals surface area (Å²) < 4.78 is 0. The number of H-pyrrole nitrogens is 1. The lowest BCUT2D eigenvalue weighted by Gasteiger charge is -1.75. The van der Waals surface area contributed by atoms with Crippen molar-refractivity contribution in [2.75, 3.05) is 0 Å². The van der Waals surface area contributed by atoms with E-state index >= 15 is 0 Å². The number of aromatic nitrogens is 1. The maximum atomic E-state index is 10.4. The largest absolute Gasteiger partial charge is 0.353 e. The van der Waals surface area contributed by atoms with Gasteiger partial charge in [0.2, 0.25) is 0 Å². The standard InChI is InChI=1S/C10H11NO/c1-3-5-8-6-9(7-12)11-10(8)4-2/h3-7,11H,1H2,2H3/b8-5-,10-4+. The summed E-state index contributed by atoms with van der Waals surface area (Å²) in [5.74, 6) is 0. The maximum absolute atomic E-state index is 10.4. The van der Waals surface area contributed by atoms with Crippen molar-refractivity contribution in [2.45, 2.75) is 6.92 Å². The van der Waals surface area contributed by atoms with Gasteiger partial charge in [-0.3, -0.25) is 4.79 Å². The zero-order valence-corrected chi connectivity index (χ0v) is 7.00. The molecule has 2 nitrogen and oxygen atoms in total. The molecule has 1 N–H and O–H groups in total. The highest BCUT2D eigenvalue weighted by Crippen LogP contribution is 1.78. The first-order valence-electron chi connectivity index (χ1n) is 3.75. The molecule has 0 atom stereocenters. The molecule has 0 amide bonds. The molecule has 1 aromatic heterocycles. The van der Waals surface area contributed by atoms with Gasteiger partial charge in [0, 0.05) is 5.35 Å². The summed E-state index contributed by atoms with van der Waals surface area (Å²) in [6.07, 6.45) is 6.28. The van der Waals surface area contributed by atoms with E-state index in [2.05, 4.69) is 11.6 Å². The van der Waals surface area contributed by atoms with Crippen molar-refractivity contribution >= 4 is 18.4 Å². The molecule has 0 aromatic carbocycles. The van der Waals surface area contributed by atoms with Crippen LogP contribution in [0.2, 0.25) is 0 Å². The molecule has 62 valence electrons. The summed E-state index contributed by atoms with van der Waals surface area (Å²) in [7, 11) is 0. The van der Waals surface area contributed by atoms with E-state index in [4.69, 9.17) is 0 Å². The lowest BCUT2D eigenvalue weighted by atomic mass is 10.3. The third-order valence-electron chi connectivity index (χ3n) is 1.61. The number of carbonyl (C=O) groups is 1. The highest BCUT2D eigenvalue weighted by atomic mass is 16.1. The Kier molecular flexibility index (Phi) is 2.64. The summed E-state index contributed by atoms with van der Waals surface area (Å²) >= 11 is 0. The number of aldehydes is 1. The van der Waals surface area contributed by atoms with Crippen LogP contribution in [0.15, 0.2) is 18.7 Å². The molecule has 0 aliphatic carbocycles. The highest BCUT2D eigenvalue weighted by molar-refractivity contribution is 5.72. The van der Waals surface area contributed by atoms with Crippen LogP contribution < -0.4 is 10.6 Å². The van der Waals surface area contributed by atoms with Crippen molar-refractivity contribution in [2.24, 2.45) is 0 Å². The first kappa shape index (κ1) is 8.53. The number of hydrogen-bond donors (Lipinski definition) is 1. The van der Waals surface area contributed by atoms with Gasteiger partial charge in [0.15, 0.2) is 6.29 Å². The van der Waals surface area contributed by atoms with Gasteiger partial charge in [-0.15, -0.1) is 0 Å². The van der Waals surface area contributed by atoms with Crippen LogP contribution in [0.5, 0.6) is 0 Å². The molecule has 0 fully saturated rings. The first-order valence-corrected chi connectivity index (χ1v) is 3.75. The van der Waals surface area contributed by atoms with Gasteiger partial charge < -0.3 is 4.98 Å². The van der Waals surface area contributed by atoms with E-state index in [-0.39, 0.29) is 0 Å². The van der Waals surface area contributed by atoms with Crippen molar-refractivity contribution in [1.82, 2.24) is 4.98 Å². The minimum Gasteiger partial charge on any atom is -0.353 e. The fourth-order valence-electron chi connectivity index (χ4n) is 1.08. The van der Waals surface area contributed by atoms with Gasteiger partial charge in [0.05, 0.1) is 5.69 Å². The molecule has 2 heteroatoms. The average molecular weight is 161 g/mol. The molecule has 0 saturated heterocycles. The number of allylic oxidation sites excluding steroid dienone is 1. The summed E-state index contributed by atoms with van der Waals surface area (Å²) in [5.41, 5.74) is 0.594. The molecular weight excluding hydrogens is 150 g/mol. The topological polar surface area (TPSA) is 32.9 Å². The Labute approximate surface area is 70.9 Å². The molecule has 0 unspecified atom stereocenters. The monoisotopic (exact) mass is 161 g/mol. The van der Waals surface area contributed by atoms with Gasteiger partial charge in [-0.2, -0.15) is 0 Å². The van der Waals surface area contributed by atoms with Gasteiger partial charge >= 0.3 is 0 Å². The number of carbonyl (C=O) groups excluding carboxylic acids is 1. The molecule has 1 rings (SSSR count). The van der Waals surface area contributed by atoms with E-state index in [0.29, 0.717) is 5.69 Å². The molecule has 1 heterocycles. The highest BCUT2D eigenvalue weighted by Gasteiger charge is 1.91. The average Bonchev–Trinajstić information content (AvgIpc) is 2.48. The molecule has 0 bridgehead atoms. The summed E-state index contributed by atoms with van der Waals surface area (Å²) in [4.78, 5) is 13.4. The van der Waals surface area contributed by atoms with E-state index in [9.17, 15) is 4.79 Å². The normalized spacial score (nSPS) is 13.4. The van der Waals surface area contributed by atoms with E-state index in [1.165, 1.54) is 0 Å². The Balaban J connectivity index is 3.47. The van der Waals surface area contributed by atoms with Gasteiger partial charge in [-0.25, -0.2) is 0 Å². The summed E-state index contributed by atoms with van der Waals surface area (Å²) in [5, 5.41) is 1.95. The third-order valence-corrected chi connectivity index (χ3v) is 1.61. The molecule has 0 radical (unpaired) electrons. The molecule has 1 aromatic rings. The molecular formula is C10H11NO. The molecule has 12 heavy (non-hydrogen) atoms. The van der Waals surface area contributed by atoms with Gasteiger partial charge in [-0.1, -0.05) is 24.8 Å². The Hall–Kier alpha value is -1.57. The van der Waals surface area contributed by atoms with Crippen LogP contribution in [0, 0.1) is 0 Å².